The monoisotopic (exact) mass is 349 g/mol. The van der Waals surface area contributed by atoms with Gasteiger partial charge >= 0.3 is 6.18 Å². The van der Waals surface area contributed by atoms with Crippen molar-refractivity contribution < 1.29 is 18.1 Å². The van der Waals surface area contributed by atoms with Crippen molar-refractivity contribution in [1.29, 1.82) is 0 Å². The van der Waals surface area contributed by atoms with Gasteiger partial charge in [-0.05, 0) is 12.1 Å². The first kappa shape index (κ1) is 17.4. The number of quaternary nitrogens is 1. The van der Waals surface area contributed by atoms with Crippen LogP contribution in [0.15, 0.2) is 53.8 Å². The van der Waals surface area contributed by atoms with Crippen molar-refractivity contribution in [3.05, 3.63) is 59.8 Å². The van der Waals surface area contributed by atoms with Crippen LogP contribution in [-0.2, 0) is 12.7 Å². The molecule has 0 atom stereocenters. The van der Waals surface area contributed by atoms with Crippen LogP contribution in [-0.4, -0.2) is 23.8 Å². The Bertz CT molecular complexity index is 701. The quantitative estimate of drug-likeness (QED) is 0.834. The molecule has 2 N–H and O–H groups in total. The van der Waals surface area contributed by atoms with E-state index in [1.54, 1.807) is 0 Å². The van der Waals surface area contributed by atoms with Crippen molar-refractivity contribution in [2.24, 2.45) is 5.10 Å². The molecule has 2 aromatic rings. The molecule has 1 aliphatic heterocycles. The molecule has 132 valence electrons. The number of pyridine rings is 1. The molecule has 0 unspecified atom stereocenters. The number of aromatic nitrogens is 1. The number of hydrogen-bond acceptors (Lipinski definition) is 3. The molecular weight excluding hydrogens is 329 g/mol. The van der Waals surface area contributed by atoms with Gasteiger partial charge in [0.05, 0.1) is 18.7 Å². The number of benzene rings is 1. The average Bonchev–Trinajstić information content (AvgIpc) is 2.62. The van der Waals surface area contributed by atoms with Gasteiger partial charge in [-0.2, -0.15) is 18.3 Å². The number of halogens is 3. The van der Waals surface area contributed by atoms with E-state index in [2.05, 4.69) is 27.6 Å². The van der Waals surface area contributed by atoms with Crippen LogP contribution in [0.1, 0.15) is 24.0 Å². The molecule has 25 heavy (non-hydrogen) atoms. The van der Waals surface area contributed by atoms with Gasteiger partial charge in [0.2, 0.25) is 0 Å². The van der Waals surface area contributed by atoms with E-state index in [1.807, 2.05) is 18.2 Å². The van der Waals surface area contributed by atoms with Crippen molar-refractivity contribution >= 4 is 11.5 Å². The van der Waals surface area contributed by atoms with Crippen LogP contribution in [0.25, 0.3) is 0 Å². The minimum absolute atomic E-state index is 0.319. The van der Waals surface area contributed by atoms with E-state index in [-0.39, 0.29) is 0 Å². The normalized spacial score (nSPS) is 18.0. The van der Waals surface area contributed by atoms with Crippen LogP contribution in [0.5, 0.6) is 0 Å². The second-order valence-corrected chi connectivity index (χ2v) is 6.13. The lowest BCUT2D eigenvalue weighted by Crippen LogP contribution is -3.11. The summed E-state index contributed by atoms with van der Waals surface area (Å²) in [5.41, 5.74) is 4.35. The molecule has 7 heteroatoms. The predicted octanol–water partition coefficient (Wildman–Crippen LogP) is 2.75. The van der Waals surface area contributed by atoms with Gasteiger partial charge in [0.1, 0.15) is 12.4 Å². The summed E-state index contributed by atoms with van der Waals surface area (Å²) in [5.74, 6) is 0.319. The number of nitrogens with one attached hydrogen (secondary N) is 2. The third-order valence-corrected chi connectivity index (χ3v) is 4.25. The van der Waals surface area contributed by atoms with E-state index in [0.717, 1.165) is 50.5 Å². The second kappa shape index (κ2) is 7.65. The van der Waals surface area contributed by atoms with E-state index in [9.17, 15) is 13.2 Å². The highest BCUT2D eigenvalue weighted by Crippen LogP contribution is 2.28. The summed E-state index contributed by atoms with van der Waals surface area (Å²) in [6.07, 6.45) is -1.81. The highest BCUT2D eigenvalue weighted by molar-refractivity contribution is 5.85. The van der Waals surface area contributed by atoms with Gasteiger partial charge in [-0.25, -0.2) is 4.98 Å². The summed E-state index contributed by atoms with van der Waals surface area (Å²) in [5, 5.41) is 4.30. The number of hydrogen-bond donors (Lipinski definition) is 2. The van der Waals surface area contributed by atoms with Gasteiger partial charge in [-0.15, -0.1) is 0 Å². The molecule has 0 saturated carbocycles. The summed E-state index contributed by atoms with van der Waals surface area (Å²) >= 11 is 0. The summed E-state index contributed by atoms with van der Waals surface area (Å²) < 4.78 is 37.5. The Balaban J connectivity index is 1.49. The average molecular weight is 349 g/mol. The summed E-state index contributed by atoms with van der Waals surface area (Å²) in [7, 11) is 0. The third kappa shape index (κ3) is 5.03. The first-order valence-corrected chi connectivity index (χ1v) is 8.23. The van der Waals surface area contributed by atoms with Gasteiger partial charge in [0.15, 0.2) is 0 Å². The molecule has 0 amide bonds. The Morgan fingerprint density at radius 3 is 2.36 bits per heavy atom. The largest absolute Gasteiger partial charge is 0.417 e. The first-order chi connectivity index (χ1) is 12.0. The van der Waals surface area contributed by atoms with Gasteiger partial charge in [-0.3, -0.25) is 5.43 Å². The van der Waals surface area contributed by atoms with Crippen LogP contribution < -0.4 is 10.3 Å². The van der Waals surface area contributed by atoms with E-state index in [4.69, 9.17) is 0 Å². The summed E-state index contributed by atoms with van der Waals surface area (Å²) in [6.45, 7) is 2.99. The molecule has 0 aliphatic carbocycles. The summed E-state index contributed by atoms with van der Waals surface area (Å²) in [4.78, 5) is 5.27. The van der Waals surface area contributed by atoms with Crippen molar-refractivity contribution in [3.8, 4) is 0 Å². The van der Waals surface area contributed by atoms with E-state index < -0.39 is 11.7 Å². The Hall–Kier alpha value is -2.41. The molecule has 2 heterocycles. The van der Waals surface area contributed by atoms with E-state index in [1.165, 1.54) is 16.5 Å². The molecule has 0 spiro atoms. The van der Waals surface area contributed by atoms with Crippen LogP contribution in [0.3, 0.4) is 0 Å². The Kier molecular flexibility index (Phi) is 5.33. The molecule has 0 radical (unpaired) electrons. The fourth-order valence-electron chi connectivity index (χ4n) is 2.83. The van der Waals surface area contributed by atoms with Crippen LogP contribution >= 0.6 is 0 Å². The topological polar surface area (TPSA) is 41.7 Å². The molecular formula is C18H20F3N4+. The maximum Gasteiger partial charge on any atom is 0.417 e. The highest BCUT2D eigenvalue weighted by atomic mass is 19.4. The fourth-order valence-corrected chi connectivity index (χ4v) is 2.83. The lowest BCUT2D eigenvalue weighted by molar-refractivity contribution is -0.914. The molecule has 4 nitrogen and oxygen atoms in total. The maximum atomic E-state index is 12.5. The van der Waals surface area contributed by atoms with Crippen LogP contribution in [0, 0.1) is 0 Å². The molecule has 3 rings (SSSR count). The standard InChI is InChI=1S/C18H19F3N4/c19-18(20,21)15-6-7-17(22-12-15)24-23-16-8-10-25(11-9-16)13-14-4-2-1-3-5-14/h1-7,12H,8-11,13H2,(H,22,24)/p+1. The van der Waals surface area contributed by atoms with Crippen molar-refractivity contribution in [2.75, 3.05) is 18.5 Å². The minimum atomic E-state index is -4.37. The number of piperidine rings is 1. The lowest BCUT2D eigenvalue weighted by atomic mass is 10.1. The predicted molar refractivity (Wildman–Crippen MR) is 90.4 cm³/mol. The molecule has 1 fully saturated rings. The zero-order valence-electron chi connectivity index (χ0n) is 13.7. The highest BCUT2D eigenvalue weighted by Gasteiger charge is 2.30. The van der Waals surface area contributed by atoms with Gasteiger partial charge < -0.3 is 4.90 Å². The number of alkyl halides is 3. The lowest BCUT2D eigenvalue weighted by Gasteiger charge is -2.24. The molecule has 1 aromatic carbocycles. The minimum Gasteiger partial charge on any atom is -0.331 e. The third-order valence-electron chi connectivity index (χ3n) is 4.25. The number of hydrazone groups is 1. The van der Waals surface area contributed by atoms with Crippen molar-refractivity contribution in [3.63, 3.8) is 0 Å². The maximum absolute atomic E-state index is 12.5. The van der Waals surface area contributed by atoms with Crippen molar-refractivity contribution in [2.45, 2.75) is 25.6 Å². The van der Waals surface area contributed by atoms with Gasteiger partial charge in [0, 0.05) is 30.3 Å². The fraction of sp³-hybridized carbons (Fsp3) is 0.333. The molecule has 1 saturated heterocycles. The van der Waals surface area contributed by atoms with Gasteiger partial charge in [0.25, 0.3) is 0 Å². The molecule has 0 bridgehead atoms. The number of anilines is 1. The zero-order valence-corrected chi connectivity index (χ0v) is 13.7. The van der Waals surface area contributed by atoms with E-state index >= 15 is 0 Å². The second-order valence-electron chi connectivity index (χ2n) is 6.13. The Morgan fingerprint density at radius 1 is 1.04 bits per heavy atom. The Labute approximate surface area is 144 Å². The van der Waals surface area contributed by atoms with Crippen LogP contribution in [0.2, 0.25) is 0 Å². The van der Waals surface area contributed by atoms with Gasteiger partial charge in [-0.1, -0.05) is 30.3 Å². The van der Waals surface area contributed by atoms with Crippen molar-refractivity contribution in [1.82, 2.24) is 4.98 Å². The molecule has 1 aromatic heterocycles. The Morgan fingerprint density at radius 2 is 1.76 bits per heavy atom. The molecule has 1 aliphatic rings. The number of likely N-dealkylation sites (tertiary alicyclic amines) is 1. The van der Waals surface area contributed by atoms with E-state index in [0.29, 0.717) is 5.82 Å². The smallest absolute Gasteiger partial charge is 0.331 e. The SMILES string of the molecule is FC(F)(F)c1ccc(NN=C2CC[NH+](Cc3ccccc3)CC2)nc1. The first-order valence-electron chi connectivity index (χ1n) is 8.23. The van der Waals surface area contributed by atoms with Crippen LogP contribution in [0.4, 0.5) is 19.0 Å². The zero-order chi connectivity index (χ0) is 17.7. The number of rotatable bonds is 4. The summed E-state index contributed by atoms with van der Waals surface area (Å²) in [6, 6.07) is 12.7. The number of nitrogens with zero attached hydrogens (tertiary/aromatic N) is 2.